The average molecular weight is 320 g/mol. The molecule has 1 heterocycles. The van der Waals surface area contributed by atoms with E-state index in [0.29, 0.717) is 21.9 Å². The van der Waals surface area contributed by atoms with Crippen LogP contribution in [0.25, 0.3) is 10.6 Å². The van der Waals surface area contributed by atoms with Crippen LogP contribution in [0.1, 0.15) is 35.4 Å². The molecule has 2 unspecified atom stereocenters. The number of hydrogen-bond donors (Lipinski definition) is 2. The predicted molar refractivity (Wildman–Crippen MR) is 83.2 cm³/mol. The van der Waals surface area contributed by atoms with Crippen molar-refractivity contribution in [2.45, 2.75) is 37.8 Å². The van der Waals surface area contributed by atoms with Gasteiger partial charge in [-0.2, -0.15) is 0 Å². The molecule has 1 aromatic carbocycles. The summed E-state index contributed by atoms with van der Waals surface area (Å²) in [6.45, 7) is 0. The van der Waals surface area contributed by atoms with Crippen LogP contribution in [0.2, 0.25) is 0 Å². The number of nitrogens with zero attached hydrogens (tertiary/aromatic N) is 1. The fraction of sp³-hybridized carbons (Fsp3) is 0.375. The fourth-order valence-corrected chi connectivity index (χ4v) is 3.50. The zero-order valence-corrected chi connectivity index (χ0v) is 12.8. The minimum absolute atomic E-state index is 0.208. The third kappa shape index (κ3) is 3.18. The van der Waals surface area contributed by atoms with Crippen LogP contribution in [0, 0.1) is 5.82 Å². The first-order chi connectivity index (χ1) is 10.6. The molecule has 1 amide bonds. The maximum atomic E-state index is 13.7. The summed E-state index contributed by atoms with van der Waals surface area (Å²) in [7, 11) is 0. The van der Waals surface area contributed by atoms with Gasteiger partial charge in [-0.25, -0.2) is 9.37 Å². The normalized spacial score (nSPS) is 21.5. The van der Waals surface area contributed by atoms with Crippen molar-refractivity contribution in [3.63, 3.8) is 0 Å². The molecular weight excluding hydrogens is 303 g/mol. The summed E-state index contributed by atoms with van der Waals surface area (Å²) >= 11 is 1.15. The number of aromatic nitrogens is 1. The molecule has 116 valence electrons. The van der Waals surface area contributed by atoms with Crippen LogP contribution in [-0.2, 0) is 0 Å². The molecular formula is C16H17FN2O2S. The Morgan fingerprint density at radius 2 is 2.09 bits per heavy atom. The predicted octanol–water partition coefficient (Wildman–Crippen LogP) is 2.98. The van der Waals surface area contributed by atoms with Crippen molar-refractivity contribution in [1.29, 1.82) is 0 Å². The van der Waals surface area contributed by atoms with E-state index in [1.54, 1.807) is 18.2 Å². The van der Waals surface area contributed by atoms with E-state index in [-0.39, 0.29) is 17.8 Å². The Hall–Kier alpha value is -1.79. The van der Waals surface area contributed by atoms with Gasteiger partial charge in [-0.05, 0) is 25.0 Å². The van der Waals surface area contributed by atoms with Crippen molar-refractivity contribution in [2.24, 2.45) is 0 Å². The maximum absolute atomic E-state index is 13.7. The summed E-state index contributed by atoms with van der Waals surface area (Å²) in [5.74, 6) is -0.613. The molecule has 4 nitrogen and oxygen atoms in total. The maximum Gasteiger partial charge on any atom is 0.263 e. The minimum atomic E-state index is -0.489. The smallest absolute Gasteiger partial charge is 0.263 e. The van der Waals surface area contributed by atoms with Gasteiger partial charge in [0.25, 0.3) is 5.91 Å². The topological polar surface area (TPSA) is 62.2 Å². The van der Waals surface area contributed by atoms with Gasteiger partial charge in [0.1, 0.15) is 15.7 Å². The Balaban J connectivity index is 1.73. The van der Waals surface area contributed by atoms with Crippen molar-refractivity contribution >= 4 is 17.2 Å². The highest BCUT2D eigenvalue weighted by Gasteiger charge is 2.25. The van der Waals surface area contributed by atoms with Crippen LogP contribution in [0.5, 0.6) is 0 Å². The second kappa shape index (κ2) is 6.54. The van der Waals surface area contributed by atoms with Crippen LogP contribution in [0.4, 0.5) is 4.39 Å². The molecule has 0 aliphatic heterocycles. The van der Waals surface area contributed by atoms with Gasteiger partial charge < -0.3 is 10.4 Å². The van der Waals surface area contributed by atoms with E-state index in [2.05, 4.69) is 10.3 Å². The molecule has 1 aromatic heterocycles. The highest BCUT2D eigenvalue weighted by molar-refractivity contribution is 7.16. The summed E-state index contributed by atoms with van der Waals surface area (Å²) in [4.78, 5) is 16.8. The van der Waals surface area contributed by atoms with Crippen molar-refractivity contribution in [3.05, 3.63) is 41.2 Å². The van der Waals surface area contributed by atoms with Crippen LogP contribution >= 0.6 is 11.3 Å². The summed E-state index contributed by atoms with van der Waals surface area (Å²) in [5, 5.41) is 13.2. The lowest BCUT2D eigenvalue weighted by atomic mass is 9.92. The van der Waals surface area contributed by atoms with Crippen LogP contribution in [0.3, 0.4) is 0 Å². The first kappa shape index (κ1) is 15.1. The Morgan fingerprint density at radius 1 is 1.32 bits per heavy atom. The SMILES string of the molecule is O=C(NC1CCCCC1O)c1cnc(-c2ccccc2F)s1. The number of nitrogens with one attached hydrogen (secondary N) is 1. The highest BCUT2D eigenvalue weighted by Crippen LogP contribution is 2.27. The van der Waals surface area contributed by atoms with Gasteiger partial charge in [0.2, 0.25) is 0 Å². The first-order valence-electron chi connectivity index (χ1n) is 7.35. The Labute approximate surface area is 132 Å². The summed E-state index contributed by atoms with van der Waals surface area (Å²) < 4.78 is 13.7. The van der Waals surface area contributed by atoms with Gasteiger partial charge in [-0.15, -0.1) is 11.3 Å². The van der Waals surface area contributed by atoms with E-state index in [9.17, 15) is 14.3 Å². The molecule has 2 aromatic rings. The van der Waals surface area contributed by atoms with Gasteiger partial charge >= 0.3 is 0 Å². The number of benzene rings is 1. The van der Waals surface area contributed by atoms with Crippen molar-refractivity contribution < 1.29 is 14.3 Å². The second-order valence-electron chi connectivity index (χ2n) is 5.44. The number of aliphatic hydroxyl groups is 1. The van der Waals surface area contributed by atoms with Gasteiger partial charge in [0, 0.05) is 5.56 Å². The second-order valence-corrected chi connectivity index (χ2v) is 6.47. The number of carbonyl (C=O) groups excluding carboxylic acids is 1. The number of halogens is 1. The number of rotatable bonds is 3. The molecule has 1 aliphatic rings. The zero-order valence-electron chi connectivity index (χ0n) is 12.0. The Kier molecular flexibility index (Phi) is 4.49. The molecule has 1 fully saturated rings. The summed E-state index contributed by atoms with van der Waals surface area (Å²) in [5.41, 5.74) is 0.393. The lowest BCUT2D eigenvalue weighted by Gasteiger charge is -2.28. The largest absolute Gasteiger partial charge is 0.391 e. The molecule has 6 heteroatoms. The molecule has 2 atom stereocenters. The molecule has 0 bridgehead atoms. The van der Waals surface area contributed by atoms with Crippen LogP contribution in [0.15, 0.2) is 30.5 Å². The molecule has 0 saturated heterocycles. The van der Waals surface area contributed by atoms with E-state index < -0.39 is 6.10 Å². The average Bonchev–Trinajstić information content (AvgIpc) is 3.00. The first-order valence-corrected chi connectivity index (χ1v) is 8.16. The molecule has 3 rings (SSSR count). The quantitative estimate of drug-likeness (QED) is 0.914. The third-order valence-electron chi connectivity index (χ3n) is 3.88. The van der Waals surface area contributed by atoms with Crippen LogP contribution < -0.4 is 5.32 Å². The number of aliphatic hydroxyl groups excluding tert-OH is 1. The third-order valence-corrected chi connectivity index (χ3v) is 4.91. The minimum Gasteiger partial charge on any atom is -0.391 e. The van der Waals surface area contributed by atoms with E-state index in [1.807, 2.05) is 0 Å². The van der Waals surface area contributed by atoms with Crippen molar-refractivity contribution in [1.82, 2.24) is 10.3 Å². The lowest BCUT2D eigenvalue weighted by molar-refractivity contribution is 0.0720. The molecule has 1 aliphatic carbocycles. The molecule has 2 N–H and O–H groups in total. The Morgan fingerprint density at radius 3 is 2.86 bits per heavy atom. The number of hydrogen-bond acceptors (Lipinski definition) is 4. The van der Waals surface area contributed by atoms with E-state index in [4.69, 9.17) is 0 Å². The summed E-state index contributed by atoms with van der Waals surface area (Å²) in [6, 6.07) is 6.15. The van der Waals surface area contributed by atoms with Crippen molar-refractivity contribution in [2.75, 3.05) is 0 Å². The number of amides is 1. The lowest BCUT2D eigenvalue weighted by Crippen LogP contribution is -2.44. The van der Waals surface area contributed by atoms with E-state index >= 15 is 0 Å². The van der Waals surface area contributed by atoms with E-state index in [0.717, 1.165) is 30.6 Å². The monoisotopic (exact) mass is 320 g/mol. The molecule has 0 radical (unpaired) electrons. The van der Waals surface area contributed by atoms with Gasteiger partial charge in [0.05, 0.1) is 18.3 Å². The fourth-order valence-electron chi connectivity index (χ4n) is 2.66. The van der Waals surface area contributed by atoms with Crippen LogP contribution in [-0.4, -0.2) is 28.1 Å². The molecule has 22 heavy (non-hydrogen) atoms. The van der Waals surface area contributed by atoms with Gasteiger partial charge in [0.15, 0.2) is 0 Å². The highest BCUT2D eigenvalue weighted by atomic mass is 32.1. The summed E-state index contributed by atoms with van der Waals surface area (Å²) in [6.07, 6.45) is 4.46. The van der Waals surface area contributed by atoms with Crippen molar-refractivity contribution in [3.8, 4) is 10.6 Å². The zero-order chi connectivity index (χ0) is 15.5. The van der Waals surface area contributed by atoms with Gasteiger partial charge in [-0.3, -0.25) is 4.79 Å². The molecule has 1 saturated carbocycles. The Bertz CT molecular complexity index is 674. The van der Waals surface area contributed by atoms with E-state index in [1.165, 1.54) is 12.3 Å². The van der Waals surface area contributed by atoms with Gasteiger partial charge in [-0.1, -0.05) is 25.0 Å². The number of thiazole rings is 1. The number of carbonyl (C=O) groups is 1. The molecule has 0 spiro atoms. The standard InChI is InChI=1S/C16H17FN2O2S/c17-11-6-2-1-5-10(11)16-18-9-14(22-16)15(21)19-12-7-3-4-8-13(12)20/h1-2,5-6,9,12-13,20H,3-4,7-8H2,(H,19,21).